The van der Waals surface area contributed by atoms with Crippen molar-refractivity contribution in [2.24, 2.45) is 5.73 Å². The fraction of sp³-hybridized carbons (Fsp3) is 0.400. The third kappa shape index (κ3) is 2.12. The lowest BCUT2D eigenvalue weighted by atomic mass is 10.0. The van der Waals surface area contributed by atoms with Crippen molar-refractivity contribution in [1.82, 2.24) is 4.57 Å². The monoisotopic (exact) mass is 260 g/mol. The fourth-order valence-electron chi connectivity index (χ4n) is 2.64. The molecule has 1 aromatic carbocycles. The van der Waals surface area contributed by atoms with Crippen LogP contribution in [0.4, 0.5) is 0 Å². The molecule has 0 bridgehead atoms. The molecule has 0 aliphatic carbocycles. The van der Waals surface area contributed by atoms with Crippen LogP contribution in [0.1, 0.15) is 33.6 Å². The van der Waals surface area contributed by atoms with Crippen LogP contribution in [0.3, 0.4) is 0 Å². The summed E-state index contributed by atoms with van der Waals surface area (Å²) in [6, 6.07) is 3.89. The molecule has 1 heterocycles. The van der Waals surface area contributed by atoms with Crippen LogP contribution < -0.4 is 5.73 Å². The van der Waals surface area contributed by atoms with Gasteiger partial charge < -0.3 is 15.4 Å². The fourth-order valence-corrected chi connectivity index (χ4v) is 2.64. The molecule has 0 amide bonds. The van der Waals surface area contributed by atoms with E-state index in [4.69, 9.17) is 5.73 Å². The summed E-state index contributed by atoms with van der Waals surface area (Å²) in [5.41, 5.74) is 9.88. The Morgan fingerprint density at radius 2 is 2.00 bits per heavy atom. The predicted molar refractivity (Wildman–Crippen MR) is 76.8 cm³/mol. The van der Waals surface area contributed by atoms with Gasteiger partial charge in [-0.2, -0.15) is 0 Å². The van der Waals surface area contributed by atoms with E-state index < -0.39 is 5.97 Å². The Hall–Kier alpha value is -1.81. The minimum Gasteiger partial charge on any atom is -0.478 e. The molecule has 0 radical (unpaired) electrons. The third-order valence-corrected chi connectivity index (χ3v) is 3.81. The van der Waals surface area contributed by atoms with E-state index in [0.717, 1.165) is 40.7 Å². The number of carboxylic acid groups (broad SMARTS) is 1. The number of nitrogens with zero attached hydrogens (tertiary/aromatic N) is 1. The summed E-state index contributed by atoms with van der Waals surface area (Å²) in [5, 5.41) is 10.5. The van der Waals surface area contributed by atoms with Crippen molar-refractivity contribution < 1.29 is 9.90 Å². The van der Waals surface area contributed by atoms with Gasteiger partial charge in [0, 0.05) is 17.6 Å². The van der Waals surface area contributed by atoms with Crippen molar-refractivity contribution in [2.75, 3.05) is 6.54 Å². The van der Waals surface area contributed by atoms with Crippen LogP contribution in [0, 0.1) is 20.8 Å². The molecular weight excluding hydrogens is 240 g/mol. The van der Waals surface area contributed by atoms with Crippen LogP contribution in [-0.4, -0.2) is 22.2 Å². The maximum atomic E-state index is 11.5. The van der Waals surface area contributed by atoms with Crippen LogP contribution in [0.25, 0.3) is 10.9 Å². The summed E-state index contributed by atoms with van der Waals surface area (Å²) >= 11 is 0. The lowest BCUT2D eigenvalue weighted by molar-refractivity contribution is 0.0698. The second-order valence-electron chi connectivity index (χ2n) is 4.96. The van der Waals surface area contributed by atoms with Crippen molar-refractivity contribution in [3.8, 4) is 0 Å². The maximum Gasteiger partial charge on any atom is 0.338 e. The van der Waals surface area contributed by atoms with E-state index in [0.29, 0.717) is 12.1 Å². The largest absolute Gasteiger partial charge is 0.478 e. The molecule has 0 atom stereocenters. The van der Waals surface area contributed by atoms with Crippen LogP contribution in [0.2, 0.25) is 0 Å². The molecule has 0 aliphatic rings. The molecule has 19 heavy (non-hydrogen) atoms. The van der Waals surface area contributed by atoms with E-state index in [2.05, 4.69) is 4.57 Å². The Balaban J connectivity index is 2.82. The molecule has 3 N–H and O–H groups in total. The Kier molecular flexibility index (Phi) is 3.62. The zero-order valence-electron chi connectivity index (χ0n) is 11.7. The zero-order chi connectivity index (χ0) is 14.2. The SMILES string of the molecule is Cc1ccc2c(C)c(C)n(CCCN)c2c1C(=O)O. The molecule has 1 aromatic heterocycles. The van der Waals surface area contributed by atoms with Gasteiger partial charge in [0.05, 0.1) is 11.1 Å². The van der Waals surface area contributed by atoms with Crippen molar-refractivity contribution in [1.29, 1.82) is 0 Å². The Morgan fingerprint density at radius 3 is 2.58 bits per heavy atom. The molecule has 4 heteroatoms. The van der Waals surface area contributed by atoms with Gasteiger partial charge in [-0.05, 0) is 44.9 Å². The number of carbonyl (C=O) groups is 1. The summed E-state index contributed by atoms with van der Waals surface area (Å²) in [4.78, 5) is 11.5. The summed E-state index contributed by atoms with van der Waals surface area (Å²) in [6.07, 6.45) is 0.844. The summed E-state index contributed by atoms with van der Waals surface area (Å²) in [5.74, 6) is -0.866. The van der Waals surface area contributed by atoms with Crippen molar-refractivity contribution in [3.63, 3.8) is 0 Å². The first kappa shape index (κ1) is 13.6. The van der Waals surface area contributed by atoms with Crippen molar-refractivity contribution >= 4 is 16.9 Å². The number of nitrogens with two attached hydrogens (primary N) is 1. The Morgan fingerprint density at radius 1 is 1.32 bits per heavy atom. The minimum absolute atomic E-state index is 0.408. The molecule has 0 spiro atoms. The number of aryl methyl sites for hydroxylation is 3. The smallest absolute Gasteiger partial charge is 0.338 e. The third-order valence-electron chi connectivity index (χ3n) is 3.81. The summed E-state index contributed by atoms with van der Waals surface area (Å²) < 4.78 is 2.09. The van der Waals surface area contributed by atoms with Crippen molar-refractivity contribution in [2.45, 2.75) is 33.7 Å². The minimum atomic E-state index is -0.866. The van der Waals surface area contributed by atoms with E-state index in [1.54, 1.807) is 0 Å². The lowest BCUT2D eigenvalue weighted by Crippen LogP contribution is -2.10. The standard InChI is InChI=1S/C15H20N2O2/c1-9-5-6-12-10(2)11(3)17(8-4-7-16)14(12)13(9)15(18)19/h5-6H,4,7-8,16H2,1-3H3,(H,18,19). The number of hydrogen-bond acceptors (Lipinski definition) is 2. The van der Waals surface area contributed by atoms with Gasteiger partial charge >= 0.3 is 5.97 Å². The van der Waals surface area contributed by atoms with Gasteiger partial charge in [-0.3, -0.25) is 0 Å². The molecular formula is C15H20N2O2. The second kappa shape index (κ2) is 5.05. The van der Waals surface area contributed by atoms with Gasteiger partial charge in [0.25, 0.3) is 0 Å². The molecule has 0 unspecified atom stereocenters. The maximum absolute atomic E-state index is 11.5. The molecule has 4 nitrogen and oxygen atoms in total. The van der Waals surface area contributed by atoms with E-state index in [9.17, 15) is 9.90 Å². The van der Waals surface area contributed by atoms with E-state index in [-0.39, 0.29) is 0 Å². The van der Waals surface area contributed by atoms with E-state index in [1.165, 1.54) is 0 Å². The lowest BCUT2D eigenvalue weighted by Gasteiger charge is -2.10. The van der Waals surface area contributed by atoms with Crippen molar-refractivity contribution in [3.05, 3.63) is 34.5 Å². The van der Waals surface area contributed by atoms with Crippen LogP contribution in [0.15, 0.2) is 12.1 Å². The zero-order valence-corrected chi connectivity index (χ0v) is 11.7. The molecule has 0 saturated carbocycles. The van der Waals surface area contributed by atoms with Gasteiger partial charge in [0.15, 0.2) is 0 Å². The average molecular weight is 260 g/mol. The van der Waals surface area contributed by atoms with Crippen LogP contribution in [-0.2, 0) is 6.54 Å². The first-order valence-corrected chi connectivity index (χ1v) is 6.51. The molecule has 0 saturated heterocycles. The number of aromatic carboxylic acids is 1. The Bertz CT molecular complexity index is 641. The van der Waals surface area contributed by atoms with E-state index in [1.807, 2.05) is 32.9 Å². The quantitative estimate of drug-likeness (QED) is 0.888. The summed E-state index contributed by atoms with van der Waals surface area (Å²) in [6.45, 7) is 7.28. The highest BCUT2D eigenvalue weighted by molar-refractivity contribution is 6.05. The highest BCUT2D eigenvalue weighted by Crippen LogP contribution is 2.30. The van der Waals surface area contributed by atoms with E-state index >= 15 is 0 Å². The molecule has 0 aliphatic heterocycles. The average Bonchev–Trinajstić information content (AvgIpc) is 2.59. The van der Waals surface area contributed by atoms with Crippen LogP contribution >= 0.6 is 0 Å². The number of aromatic nitrogens is 1. The topological polar surface area (TPSA) is 68.2 Å². The second-order valence-corrected chi connectivity index (χ2v) is 4.96. The van der Waals surface area contributed by atoms with Gasteiger partial charge in [-0.15, -0.1) is 0 Å². The number of rotatable bonds is 4. The number of carboxylic acids is 1. The molecule has 2 rings (SSSR count). The predicted octanol–water partition coefficient (Wildman–Crippen LogP) is 2.61. The molecule has 0 fully saturated rings. The van der Waals surface area contributed by atoms with Crippen LogP contribution in [0.5, 0.6) is 0 Å². The first-order chi connectivity index (χ1) is 8.99. The first-order valence-electron chi connectivity index (χ1n) is 6.51. The highest BCUT2D eigenvalue weighted by Gasteiger charge is 2.19. The normalized spacial score (nSPS) is 11.2. The number of hydrogen-bond donors (Lipinski definition) is 2. The highest BCUT2D eigenvalue weighted by atomic mass is 16.4. The molecule has 2 aromatic rings. The number of fused-ring (bicyclic) bond motifs is 1. The van der Waals surface area contributed by atoms with Gasteiger partial charge in [-0.25, -0.2) is 4.79 Å². The Labute approximate surface area is 112 Å². The van der Waals surface area contributed by atoms with Gasteiger partial charge in [0.2, 0.25) is 0 Å². The summed E-state index contributed by atoms with van der Waals surface area (Å²) in [7, 11) is 0. The van der Waals surface area contributed by atoms with Gasteiger partial charge in [-0.1, -0.05) is 12.1 Å². The number of benzene rings is 1. The van der Waals surface area contributed by atoms with Gasteiger partial charge in [0.1, 0.15) is 0 Å². The molecule has 102 valence electrons.